The quantitative estimate of drug-likeness (QED) is 0.557. The normalized spacial score (nSPS) is 14.6. The van der Waals surface area contributed by atoms with E-state index in [0.29, 0.717) is 13.1 Å². The number of nitrogens with zero attached hydrogens (tertiary/aromatic N) is 3. The molecule has 1 aliphatic heterocycles. The van der Waals surface area contributed by atoms with Gasteiger partial charge in [0.1, 0.15) is 5.60 Å². The van der Waals surface area contributed by atoms with Crippen molar-refractivity contribution in [2.24, 2.45) is 0 Å². The molecule has 0 saturated carbocycles. The van der Waals surface area contributed by atoms with Gasteiger partial charge in [-0.05, 0) is 68.3 Å². The molecule has 0 aliphatic carbocycles. The number of aromatic nitrogens is 1. The first-order valence-corrected chi connectivity index (χ1v) is 11.0. The molecular weight excluding hydrogens is 394 g/mol. The summed E-state index contributed by atoms with van der Waals surface area (Å²) in [6, 6.07) is 17.1. The van der Waals surface area contributed by atoms with Crippen LogP contribution >= 0.6 is 11.3 Å². The Morgan fingerprint density at radius 3 is 2.00 bits per heavy atom. The molecule has 1 fully saturated rings. The molecule has 0 unspecified atom stereocenters. The zero-order valence-corrected chi connectivity index (χ0v) is 18.5. The Bertz CT molecular complexity index is 985. The molecule has 0 bridgehead atoms. The van der Waals surface area contributed by atoms with E-state index >= 15 is 0 Å². The summed E-state index contributed by atoms with van der Waals surface area (Å²) in [5, 5.41) is 0. The maximum atomic E-state index is 12.2. The summed E-state index contributed by atoms with van der Waals surface area (Å²) < 4.78 is 5.48. The number of benzene rings is 1. The lowest BCUT2D eigenvalue weighted by Crippen LogP contribution is -2.50. The summed E-state index contributed by atoms with van der Waals surface area (Å²) in [5.74, 6) is 0. The molecule has 1 aliphatic rings. The van der Waals surface area contributed by atoms with Crippen molar-refractivity contribution >= 4 is 23.1 Å². The molecule has 1 amide bonds. The van der Waals surface area contributed by atoms with E-state index in [0.717, 1.165) is 13.1 Å². The minimum atomic E-state index is -0.455. The number of piperazine rings is 1. The van der Waals surface area contributed by atoms with Crippen LogP contribution in [-0.2, 0) is 4.74 Å². The van der Waals surface area contributed by atoms with Crippen LogP contribution in [0.5, 0.6) is 0 Å². The Morgan fingerprint density at radius 1 is 0.867 bits per heavy atom. The molecule has 0 atom stereocenters. The van der Waals surface area contributed by atoms with Gasteiger partial charge in [0.25, 0.3) is 0 Å². The molecule has 4 rings (SSSR count). The molecular formula is C24H27N3O2S. The van der Waals surface area contributed by atoms with Crippen molar-refractivity contribution in [1.29, 1.82) is 0 Å². The number of carbonyl (C=O) groups is 1. The number of amides is 1. The number of ether oxygens (including phenoxy) is 1. The van der Waals surface area contributed by atoms with Crippen molar-refractivity contribution in [3.05, 3.63) is 60.9 Å². The second-order valence-corrected chi connectivity index (χ2v) is 9.48. The molecule has 1 aromatic carbocycles. The number of thiophene rings is 1. The van der Waals surface area contributed by atoms with Gasteiger partial charge in [-0.2, -0.15) is 0 Å². The van der Waals surface area contributed by atoms with E-state index in [1.165, 1.54) is 26.6 Å². The van der Waals surface area contributed by atoms with Gasteiger partial charge in [-0.25, -0.2) is 4.79 Å². The molecule has 2 aromatic heterocycles. The summed E-state index contributed by atoms with van der Waals surface area (Å²) >= 11 is 1.79. The van der Waals surface area contributed by atoms with Gasteiger partial charge in [-0.3, -0.25) is 4.98 Å². The Balaban J connectivity index is 1.38. The van der Waals surface area contributed by atoms with Crippen molar-refractivity contribution < 1.29 is 9.53 Å². The smallest absolute Gasteiger partial charge is 0.410 e. The predicted octanol–water partition coefficient (Wildman–Crippen LogP) is 5.53. The first kappa shape index (κ1) is 20.4. The fourth-order valence-corrected chi connectivity index (χ4v) is 4.49. The van der Waals surface area contributed by atoms with Crippen LogP contribution in [0.3, 0.4) is 0 Å². The molecule has 30 heavy (non-hydrogen) atoms. The molecule has 3 heterocycles. The Kier molecular flexibility index (Phi) is 5.77. The van der Waals surface area contributed by atoms with E-state index < -0.39 is 5.60 Å². The highest BCUT2D eigenvalue weighted by Gasteiger charge is 2.25. The van der Waals surface area contributed by atoms with Gasteiger partial charge in [0, 0.05) is 54.0 Å². The van der Waals surface area contributed by atoms with Crippen molar-refractivity contribution in [3.8, 4) is 20.9 Å². The van der Waals surface area contributed by atoms with Crippen LogP contribution in [0.4, 0.5) is 10.5 Å². The maximum Gasteiger partial charge on any atom is 0.410 e. The highest BCUT2D eigenvalue weighted by Crippen LogP contribution is 2.35. The number of anilines is 1. The minimum absolute atomic E-state index is 0.222. The first-order chi connectivity index (χ1) is 14.4. The summed E-state index contributed by atoms with van der Waals surface area (Å²) in [6.07, 6.45) is 3.43. The van der Waals surface area contributed by atoms with Gasteiger partial charge in [0.2, 0.25) is 0 Å². The van der Waals surface area contributed by atoms with Crippen LogP contribution in [0.25, 0.3) is 20.9 Å². The van der Waals surface area contributed by atoms with Gasteiger partial charge in [-0.1, -0.05) is 12.1 Å². The Morgan fingerprint density at radius 2 is 1.43 bits per heavy atom. The topological polar surface area (TPSA) is 45.7 Å². The van der Waals surface area contributed by atoms with Crippen LogP contribution in [0.1, 0.15) is 20.8 Å². The van der Waals surface area contributed by atoms with Crippen molar-refractivity contribution in [3.63, 3.8) is 0 Å². The second kappa shape index (κ2) is 8.48. The van der Waals surface area contributed by atoms with Crippen LogP contribution in [-0.4, -0.2) is 47.8 Å². The van der Waals surface area contributed by atoms with Gasteiger partial charge in [0.05, 0.1) is 0 Å². The molecule has 5 nitrogen and oxygen atoms in total. The average Bonchev–Trinajstić information content (AvgIpc) is 3.24. The number of pyridine rings is 1. The van der Waals surface area contributed by atoms with E-state index in [9.17, 15) is 4.79 Å². The summed E-state index contributed by atoms with van der Waals surface area (Å²) in [4.78, 5) is 22.9. The van der Waals surface area contributed by atoms with E-state index in [2.05, 4.69) is 46.3 Å². The molecule has 6 heteroatoms. The number of hydrogen-bond donors (Lipinski definition) is 0. The van der Waals surface area contributed by atoms with Crippen LogP contribution < -0.4 is 4.90 Å². The molecule has 1 saturated heterocycles. The minimum Gasteiger partial charge on any atom is -0.444 e. The van der Waals surface area contributed by atoms with Gasteiger partial charge in [0.15, 0.2) is 0 Å². The lowest BCUT2D eigenvalue weighted by molar-refractivity contribution is 0.0240. The SMILES string of the molecule is CC(C)(C)OC(=O)N1CCN(c2ccc(-c3ccc(-c4ccncc4)s3)cc2)CC1. The third-order valence-corrected chi connectivity index (χ3v) is 6.20. The van der Waals surface area contributed by atoms with E-state index in [1.54, 1.807) is 16.2 Å². The third-order valence-electron chi connectivity index (χ3n) is 5.02. The van der Waals surface area contributed by atoms with Crippen molar-refractivity contribution in [2.75, 3.05) is 31.1 Å². The summed E-state index contributed by atoms with van der Waals surface area (Å²) in [6.45, 7) is 8.67. The van der Waals surface area contributed by atoms with Crippen LogP contribution in [0.2, 0.25) is 0 Å². The van der Waals surface area contributed by atoms with Crippen molar-refractivity contribution in [1.82, 2.24) is 9.88 Å². The number of hydrogen-bond acceptors (Lipinski definition) is 5. The largest absolute Gasteiger partial charge is 0.444 e. The Labute approximate surface area is 181 Å². The third kappa shape index (κ3) is 4.82. The van der Waals surface area contributed by atoms with E-state index in [-0.39, 0.29) is 6.09 Å². The monoisotopic (exact) mass is 421 g/mol. The van der Waals surface area contributed by atoms with E-state index in [1.807, 2.05) is 45.3 Å². The molecule has 0 spiro atoms. The van der Waals surface area contributed by atoms with Gasteiger partial charge < -0.3 is 14.5 Å². The fourth-order valence-electron chi connectivity index (χ4n) is 3.47. The number of carbonyl (C=O) groups excluding carboxylic acids is 1. The molecule has 3 aromatic rings. The van der Waals surface area contributed by atoms with E-state index in [4.69, 9.17) is 4.74 Å². The standard InChI is InChI=1S/C24H27N3O2S/c1-24(2,3)29-23(28)27-16-14-26(15-17-27)20-6-4-18(5-7-20)21-8-9-22(30-21)19-10-12-25-13-11-19/h4-13H,14-17H2,1-3H3. The van der Waals surface area contributed by atoms with Gasteiger partial charge in [-0.15, -0.1) is 11.3 Å². The number of rotatable bonds is 3. The highest BCUT2D eigenvalue weighted by atomic mass is 32.1. The summed E-state index contributed by atoms with van der Waals surface area (Å²) in [7, 11) is 0. The molecule has 156 valence electrons. The predicted molar refractivity (Wildman–Crippen MR) is 123 cm³/mol. The zero-order valence-electron chi connectivity index (χ0n) is 17.7. The average molecular weight is 422 g/mol. The molecule has 0 radical (unpaired) electrons. The molecule has 0 N–H and O–H groups in total. The first-order valence-electron chi connectivity index (χ1n) is 10.2. The lowest BCUT2D eigenvalue weighted by atomic mass is 10.1. The fraction of sp³-hybridized carbons (Fsp3) is 0.333. The second-order valence-electron chi connectivity index (χ2n) is 8.40. The lowest BCUT2D eigenvalue weighted by Gasteiger charge is -2.36. The zero-order chi connectivity index (χ0) is 21.1. The highest BCUT2D eigenvalue weighted by molar-refractivity contribution is 7.18. The van der Waals surface area contributed by atoms with Crippen LogP contribution in [0, 0.1) is 0 Å². The van der Waals surface area contributed by atoms with Gasteiger partial charge >= 0.3 is 6.09 Å². The van der Waals surface area contributed by atoms with Crippen molar-refractivity contribution in [2.45, 2.75) is 26.4 Å². The van der Waals surface area contributed by atoms with Crippen LogP contribution in [0.15, 0.2) is 60.9 Å². The maximum absolute atomic E-state index is 12.2. The summed E-state index contributed by atoms with van der Waals surface area (Å²) in [5.41, 5.74) is 3.15. The Hall–Kier alpha value is -2.86.